The number of aryl methyl sites for hydroxylation is 1. The van der Waals surface area contributed by atoms with Gasteiger partial charge in [-0.3, -0.25) is 4.79 Å². The summed E-state index contributed by atoms with van der Waals surface area (Å²) in [5, 5.41) is 0. The molecule has 4 rings (SSSR count). The van der Waals surface area contributed by atoms with E-state index in [1.807, 2.05) is 18.2 Å². The van der Waals surface area contributed by atoms with E-state index in [1.165, 1.54) is 5.56 Å². The van der Waals surface area contributed by atoms with Crippen LogP contribution in [0.15, 0.2) is 53.1 Å². The number of hydrogen-bond acceptors (Lipinski definition) is 5. The van der Waals surface area contributed by atoms with Crippen molar-refractivity contribution in [1.82, 2.24) is 9.88 Å². The molecule has 0 N–H and O–H groups in total. The lowest BCUT2D eigenvalue weighted by Crippen LogP contribution is -2.26. The van der Waals surface area contributed by atoms with E-state index in [9.17, 15) is 4.79 Å². The first kappa shape index (κ1) is 21.0. The zero-order chi connectivity index (χ0) is 21.8. The van der Waals surface area contributed by atoms with Crippen LogP contribution >= 0.6 is 0 Å². The van der Waals surface area contributed by atoms with Gasteiger partial charge in [-0.2, -0.15) is 0 Å². The van der Waals surface area contributed by atoms with Gasteiger partial charge in [0.1, 0.15) is 0 Å². The minimum absolute atomic E-state index is 0.0375. The van der Waals surface area contributed by atoms with Crippen molar-refractivity contribution in [2.24, 2.45) is 5.92 Å². The number of rotatable bonds is 8. The summed E-state index contributed by atoms with van der Waals surface area (Å²) in [6, 6.07) is 14.1. The van der Waals surface area contributed by atoms with Gasteiger partial charge in [-0.25, -0.2) is 4.98 Å². The molecular formula is C25H28N2O4. The highest BCUT2D eigenvalue weighted by molar-refractivity contribution is 5.76. The van der Waals surface area contributed by atoms with Gasteiger partial charge in [-0.15, -0.1) is 0 Å². The average molecular weight is 421 g/mol. The molecule has 0 spiro atoms. The van der Waals surface area contributed by atoms with Gasteiger partial charge < -0.3 is 18.8 Å². The fourth-order valence-electron chi connectivity index (χ4n) is 3.64. The largest absolute Gasteiger partial charge is 0.454 e. The van der Waals surface area contributed by atoms with E-state index < -0.39 is 0 Å². The van der Waals surface area contributed by atoms with E-state index in [0.29, 0.717) is 31.2 Å². The molecule has 2 heterocycles. The predicted octanol–water partition coefficient (Wildman–Crippen LogP) is 4.86. The van der Waals surface area contributed by atoms with Crippen LogP contribution in [0.1, 0.15) is 37.3 Å². The number of fused-ring (bicyclic) bond motifs is 1. The number of amides is 1. The molecule has 2 aromatic carbocycles. The van der Waals surface area contributed by atoms with Crippen molar-refractivity contribution in [3.05, 3.63) is 65.7 Å². The van der Waals surface area contributed by atoms with Crippen molar-refractivity contribution < 1.29 is 18.7 Å². The second-order valence-corrected chi connectivity index (χ2v) is 8.35. The number of nitrogens with zero attached hydrogens (tertiary/aromatic N) is 2. The molecule has 1 amide bonds. The first-order chi connectivity index (χ1) is 15.0. The lowest BCUT2D eigenvalue weighted by atomic mass is 10.0. The van der Waals surface area contributed by atoms with Crippen LogP contribution in [0.4, 0.5) is 0 Å². The van der Waals surface area contributed by atoms with Crippen LogP contribution in [0.3, 0.4) is 0 Å². The summed E-state index contributed by atoms with van der Waals surface area (Å²) >= 11 is 0. The molecule has 1 aliphatic heterocycles. The van der Waals surface area contributed by atoms with E-state index in [1.54, 1.807) is 18.1 Å². The summed E-state index contributed by atoms with van der Waals surface area (Å²) in [4.78, 5) is 18.6. The summed E-state index contributed by atoms with van der Waals surface area (Å²) in [6.45, 7) is 5.18. The van der Waals surface area contributed by atoms with Gasteiger partial charge in [0.2, 0.25) is 12.7 Å². The molecule has 0 fully saturated rings. The Morgan fingerprint density at radius 2 is 1.81 bits per heavy atom. The van der Waals surface area contributed by atoms with Gasteiger partial charge in [0.05, 0.1) is 6.20 Å². The fourth-order valence-corrected chi connectivity index (χ4v) is 3.64. The standard InChI is InChI=1S/C25H28N2O4/c1-17(2)12-18-4-7-20(8-5-18)23-14-26-24(31-23)10-11-25(28)27(3)15-19-6-9-21-22(13-19)30-16-29-21/h4-9,13-14,17H,10-12,15-16H2,1-3H3. The zero-order valence-electron chi connectivity index (χ0n) is 18.3. The minimum Gasteiger partial charge on any atom is -0.454 e. The highest BCUT2D eigenvalue weighted by Gasteiger charge is 2.16. The molecule has 1 aromatic heterocycles. The third-order valence-corrected chi connectivity index (χ3v) is 5.27. The van der Waals surface area contributed by atoms with E-state index in [4.69, 9.17) is 13.9 Å². The molecule has 0 bridgehead atoms. The molecule has 6 heteroatoms. The van der Waals surface area contributed by atoms with Crippen molar-refractivity contribution in [2.75, 3.05) is 13.8 Å². The molecule has 0 saturated carbocycles. The number of carbonyl (C=O) groups is 1. The maximum atomic E-state index is 12.6. The third kappa shape index (κ3) is 5.26. The van der Waals surface area contributed by atoms with Crippen molar-refractivity contribution in [3.63, 3.8) is 0 Å². The van der Waals surface area contributed by atoms with Crippen molar-refractivity contribution in [2.45, 2.75) is 39.7 Å². The Hall–Kier alpha value is -3.28. The molecule has 162 valence electrons. The Labute approximate surface area is 182 Å². The molecule has 3 aromatic rings. The SMILES string of the molecule is CC(C)Cc1ccc(-c2cnc(CCC(=O)N(C)Cc3ccc4c(c3)OCO4)o2)cc1. The smallest absolute Gasteiger partial charge is 0.231 e. The van der Waals surface area contributed by atoms with Crippen LogP contribution in [0, 0.1) is 5.92 Å². The lowest BCUT2D eigenvalue weighted by molar-refractivity contribution is -0.130. The van der Waals surface area contributed by atoms with E-state index in [-0.39, 0.29) is 12.7 Å². The highest BCUT2D eigenvalue weighted by atomic mass is 16.7. The topological polar surface area (TPSA) is 64.8 Å². The molecule has 31 heavy (non-hydrogen) atoms. The highest BCUT2D eigenvalue weighted by Crippen LogP contribution is 2.32. The quantitative estimate of drug-likeness (QED) is 0.521. The van der Waals surface area contributed by atoms with Gasteiger partial charge >= 0.3 is 0 Å². The molecule has 0 aliphatic carbocycles. The lowest BCUT2D eigenvalue weighted by Gasteiger charge is -2.17. The van der Waals surface area contributed by atoms with E-state index in [2.05, 4.69) is 43.1 Å². The van der Waals surface area contributed by atoms with Crippen molar-refractivity contribution in [3.8, 4) is 22.8 Å². The summed E-state index contributed by atoms with van der Waals surface area (Å²) in [5.74, 6) is 3.44. The number of carbonyl (C=O) groups excluding carboxylic acids is 1. The monoisotopic (exact) mass is 420 g/mol. The van der Waals surface area contributed by atoms with Crippen LogP contribution < -0.4 is 9.47 Å². The Kier molecular flexibility index (Phi) is 6.26. The van der Waals surface area contributed by atoms with Crippen molar-refractivity contribution >= 4 is 5.91 Å². The molecule has 0 unspecified atom stereocenters. The van der Waals surface area contributed by atoms with Crippen LogP contribution in [0.2, 0.25) is 0 Å². The van der Waals surface area contributed by atoms with Gasteiger partial charge in [-0.05, 0) is 35.6 Å². The first-order valence-corrected chi connectivity index (χ1v) is 10.6. The Morgan fingerprint density at radius 1 is 1.06 bits per heavy atom. The normalized spacial score (nSPS) is 12.4. The predicted molar refractivity (Wildman–Crippen MR) is 118 cm³/mol. The number of ether oxygens (including phenoxy) is 2. The van der Waals surface area contributed by atoms with E-state index in [0.717, 1.165) is 34.8 Å². The van der Waals surface area contributed by atoms with Gasteiger partial charge in [0.15, 0.2) is 23.1 Å². The Balaban J connectivity index is 1.30. The molecule has 0 saturated heterocycles. The number of benzene rings is 2. The summed E-state index contributed by atoms with van der Waals surface area (Å²) in [7, 11) is 1.80. The van der Waals surface area contributed by atoms with Gasteiger partial charge in [0.25, 0.3) is 0 Å². The van der Waals surface area contributed by atoms with Crippen LogP contribution in [0.5, 0.6) is 11.5 Å². The Morgan fingerprint density at radius 3 is 2.58 bits per heavy atom. The molecule has 0 atom stereocenters. The third-order valence-electron chi connectivity index (χ3n) is 5.27. The first-order valence-electron chi connectivity index (χ1n) is 10.6. The summed E-state index contributed by atoms with van der Waals surface area (Å²) in [5.41, 5.74) is 3.31. The maximum absolute atomic E-state index is 12.6. The van der Waals surface area contributed by atoms with E-state index >= 15 is 0 Å². The Bertz CT molecular complexity index is 1040. The summed E-state index contributed by atoms with van der Waals surface area (Å²) < 4.78 is 16.6. The number of hydrogen-bond donors (Lipinski definition) is 0. The number of aromatic nitrogens is 1. The molecule has 1 aliphatic rings. The molecule has 6 nitrogen and oxygen atoms in total. The molecule has 0 radical (unpaired) electrons. The summed E-state index contributed by atoms with van der Waals surface area (Å²) in [6.07, 6.45) is 3.60. The molecular weight excluding hydrogens is 392 g/mol. The van der Waals surface area contributed by atoms with Crippen molar-refractivity contribution in [1.29, 1.82) is 0 Å². The fraction of sp³-hybridized carbons (Fsp3) is 0.360. The second-order valence-electron chi connectivity index (χ2n) is 8.35. The number of oxazole rings is 1. The van der Waals surface area contributed by atoms with Crippen LogP contribution in [-0.2, 0) is 24.2 Å². The zero-order valence-corrected chi connectivity index (χ0v) is 18.3. The maximum Gasteiger partial charge on any atom is 0.231 e. The van der Waals surface area contributed by atoms with Gasteiger partial charge in [0, 0.05) is 32.0 Å². The second kappa shape index (κ2) is 9.25. The van der Waals surface area contributed by atoms with Crippen LogP contribution in [0.25, 0.3) is 11.3 Å². The van der Waals surface area contributed by atoms with Gasteiger partial charge in [-0.1, -0.05) is 44.2 Å². The van der Waals surface area contributed by atoms with Crippen LogP contribution in [-0.4, -0.2) is 29.6 Å². The minimum atomic E-state index is 0.0375. The average Bonchev–Trinajstić information content (AvgIpc) is 3.41.